The average Bonchev–Trinajstić information content (AvgIpc) is 3.01. The van der Waals surface area contributed by atoms with Gasteiger partial charge in [0.15, 0.2) is 0 Å². The molecule has 2 rings (SSSR count). The largest absolute Gasteiger partial charge is 0.369 e. The molecule has 88 valence electrons. The maximum atomic E-state index is 4.71. The van der Waals surface area contributed by atoms with Gasteiger partial charge in [-0.3, -0.25) is 0 Å². The maximum absolute atomic E-state index is 4.71. The lowest BCUT2D eigenvalue weighted by Crippen LogP contribution is -2.14. The van der Waals surface area contributed by atoms with Gasteiger partial charge < -0.3 is 5.32 Å². The number of aryl methyl sites for hydroxylation is 1. The van der Waals surface area contributed by atoms with Crippen LogP contribution in [0.25, 0.3) is 0 Å². The molecule has 1 aliphatic carbocycles. The summed E-state index contributed by atoms with van der Waals surface area (Å²) in [6.07, 6.45) is 3.42. The summed E-state index contributed by atoms with van der Waals surface area (Å²) in [7, 11) is 0. The van der Waals surface area contributed by atoms with Gasteiger partial charge in [0.25, 0.3) is 0 Å². The van der Waals surface area contributed by atoms with E-state index >= 15 is 0 Å². The van der Waals surface area contributed by atoms with E-state index in [4.69, 9.17) is 4.98 Å². The Balaban J connectivity index is 2.44. The van der Waals surface area contributed by atoms with Crippen molar-refractivity contribution in [1.29, 1.82) is 0 Å². The van der Waals surface area contributed by atoms with Crippen molar-refractivity contribution in [3.05, 3.63) is 15.1 Å². The van der Waals surface area contributed by atoms with Gasteiger partial charge >= 0.3 is 0 Å². The Morgan fingerprint density at radius 2 is 2.00 bits per heavy atom. The molecule has 1 aromatic heterocycles. The standard InChI is InChI=1S/C12H18IN3/c1-4-8-9(13)10(14-5-2)16-11(15-8)12(3)6-7-12/h4-7H2,1-3H3,(H,14,15,16). The van der Waals surface area contributed by atoms with Crippen LogP contribution < -0.4 is 5.32 Å². The number of hydrogen-bond acceptors (Lipinski definition) is 3. The lowest BCUT2D eigenvalue weighted by Gasteiger charge is -2.14. The zero-order valence-electron chi connectivity index (χ0n) is 10.1. The molecule has 1 aromatic rings. The molecule has 16 heavy (non-hydrogen) atoms. The second-order valence-corrected chi connectivity index (χ2v) is 5.68. The van der Waals surface area contributed by atoms with Gasteiger partial charge in [0.2, 0.25) is 0 Å². The first kappa shape index (κ1) is 12.1. The highest BCUT2D eigenvalue weighted by atomic mass is 127. The lowest BCUT2D eigenvalue weighted by molar-refractivity contribution is 0.697. The molecular weight excluding hydrogens is 313 g/mol. The van der Waals surface area contributed by atoms with Crippen LogP contribution in [-0.4, -0.2) is 16.5 Å². The second-order valence-electron chi connectivity index (χ2n) is 4.60. The number of anilines is 1. The fourth-order valence-electron chi connectivity index (χ4n) is 1.69. The van der Waals surface area contributed by atoms with E-state index in [2.05, 4.69) is 53.7 Å². The van der Waals surface area contributed by atoms with Gasteiger partial charge in [0.1, 0.15) is 11.6 Å². The topological polar surface area (TPSA) is 37.8 Å². The van der Waals surface area contributed by atoms with E-state index in [-0.39, 0.29) is 5.41 Å². The number of halogens is 1. The quantitative estimate of drug-likeness (QED) is 0.862. The Morgan fingerprint density at radius 3 is 2.50 bits per heavy atom. The molecule has 1 heterocycles. The van der Waals surface area contributed by atoms with Crippen LogP contribution in [0.4, 0.5) is 5.82 Å². The molecule has 0 unspecified atom stereocenters. The van der Waals surface area contributed by atoms with Gasteiger partial charge in [-0.2, -0.15) is 0 Å². The van der Waals surface area contributed by atoms with Crippen LogP contribution in [-0.2, 0) is 11.8 Å². The van der Waals surface area contributed by atoms with Crippen molar-refractivity contribution in [1.82, 2.24) is 9.97 Å². The fourth-order valence-corrected chi connectivity index (χ4v) is 2.51. The van der Waals surface area contributed by atoms with Crippen LogP contribution in [0.15, 0.2) is 0 Å². The molecule has 0 aliphatic heterocycles. The molecule has 0 radical (unpaired) electrons. The van der Waals surface area contributed by atoms with Crippen LogP contribution >= 0.6 is 22.6 Å². The molecule has 0 saturated heterocycles. The average molecular weight is 331 g/mol. The van der Waals surface area contributed by atoms with Crippen LogP contribution in [0.1, 0.15) is 45.1 Å². The smallest absolute Gasteiger partial charge is 0.143 e. The highest BCUT2D eigenvalue weighted by Gasteiger charge is 2.42. The molecule has 0 spiro atoms. The highest BCUT2D eigenvalue weighted by molar-refractivity contribution is 14.1. The van der Waals surface area contributed by atoms with Crippen LogP contribution in [0, 0.1) is 3.57 Å². The normalized spacial score (nSPS) is 17.2. The first-order valence-corrected chi connectivity index (χ1v) is 6.99. The monoisotopic (exact) mass is 331 g/mol. The van der Waals surface area contributed by atoms with Crippen LogP contribution in [0.2, 0.25) is 0 Å². The summed E-state index contributed by atoms with van der Waals surface area (Å²) >= 11 is 2.34. The molecule has 1 N–H and O–H groups in total. The van der Waals surface area contributed by atoms with Crippen molar-refractivity contribution < 1.29 is 0 Å². The summed E-state index contributed by atoms with van der Waals surface area (Å²) in [6, 6.07) is 0. The summed E-state index contributed by atoms with van der Waals surface area (Å²) < 4.78 is 1.18. The Bertz CT molecular complexity index is 399. The van der Waals surface area contributed by atoms with Crippen molar-refractivity contribution in [2.75, 3.05) is 11.9 Å². The molecule has 0 amide bonds. The first-order valence-electron chi connectivity index (χ1n) is 5.91. The highest BCUT2D eigenvalue weighted by Crippen LogP contribution is 2.46. The van der Waals surface area contributed by atoms with Gasteiger partial charge in [-0.25, -0.2) is 9.97 Å². The molecular formula is C12H18IN3. The van der Waals surface area contributed by atoms with Crippen molar-refractivity contribution >= 4 is 28.4 Å². The first-order chi connectivity index (χ1) is 7.60. The third kappa shape index (κ3) is 2.17. The number of hydrogen-bond donors (Lipinski definition) is 1. The summed E-state index contributed by atoms with van der Waals surface area (Å²) in [4.78, 5) is 9.38. The van der Waals surface area contributed by atoms with E-state index in [1.165, 1.54) is 22.1 Å². The molecule has 1 aliphatic rings. The predicted octanol–water partition coefficient (Wildman–Crippen LogP) is 3.13. The molecule has 1 fully saturated rings. The zero-order valence-corrected chi connectivity index (χ0v) is 12.3. The SMILES string of the molecule is CCNc1nc(C2(C)CC2)nc(CC)c1I. The Hall–Kier alpha value is -0.390. The Labute approximate surface area is 111 Å². The van der Waals surface area contributed by atoms with Gasteiger partial charge in [-0.1, -0.05) is 13.8 Å². The molecule has 0 aromatic carbocycles. The van der Waals surface area contributed by atoms with Crippen LogP contribution in [0.3, 0.4) is 0 Å². The summed E-state index contributed by atoms with van der Waals surface area (Å²) in [5, 5.41) is 3.33. The van der Waals surface area contributed by atoms with Crippen molar-refractivity contribution in [3.63, 3.8) is 0 Å². The van der Waals surface area contributed by atoms with E-state index in [9.17, 15) is 0 Å². The number of nitrogens with zero attached hydrogens (tertiary/aromatic N) is 2. The van der Waals surface area contributed by atoms with Gasteiger partial charge in [0, 0.05) is 12.0 Å². The van der Waals surface area contributed by atoms with Crippen molar-refractivity contribution in [2.45, 2.75) is 45.4 Å². The molecule has 0 atom stereocenters. The van der Waals surface area contributed by atoms with Crippen LogP contribution in [0.5, 0.6) is 0 Å². The van der Waals surface area contributed by atoms with E-state index in [1.807, 2.05) is 0 Å². The van der Waals surface area contributed by atoms with Gasteiger partial charge in [-0.05, 0) is 48.8 Å². The predicted molar refractivity (Wildman–Crippen MR) is 74.9 cm³/mol. The fraction of sp³-hybridized carbons (Fsp3) is 0.667. The molecule has 0 bridgehead atoms. The number of nitrogens with one attached hydrogen (secondary N) is 1. The number of aromatic nitrogens is 2. The maximum Gasteiger partial charge on any atom is 0.143 e. The van der Waals surface area contributed by atoms with E-state index in [1.54, 1.807) is 0 Å². The molecule has 3 nitrogen and oxygen atoms in total. The van der Waals surface area contributed by atoms with Crippen molar-refractivity contribution in [3.8, 4) is 0 Å². The van der Waals surface area contributed by atoms with Gasteiger partial charge in [0.05, 0.1) is 9.26 Å². The number of rotatable bonds is 4. The molecule has 4 heteroatoms. The van der Waals surface area contributed by atoms with E-state index in [0.717, 1.165) is 24.6 Å². The zero-order chi connectivity index (χ0) is 11.8. The molecule has 1 saturated carbocycles. The minimum absolute atomic E-state index is 0.248. The third-order valence-corrected chi connectivity index (χ3v) is 4.27. The lowest BCUT2D eigenvalue weighted by atomic mass is 10.1. The second kappa shape index (κ2) is 4.47. The van der Waals surface area contributed by atoms with Gasteiger partial charge in [-0.15, -0.1) is 0 Å². The van der Waals surface area contributed by atoms with Crippen molar-refractivity contribution in [2.24, 2.45) is 0 Å². The summed E-state index contributed by atoms with van der Waals surface area (Å²) in [5.41, 5.74) is 1.42. The Kier molecular flexibility index (Phi) is 3.37. The van der Waals surface area contributed by atoms with E-state index in [0.29, 0.717) is 0 Å². The summed E-state index contributed by atoms with van der Waals surface area (Å²) in [6.45, 7) is 7.41. The summed E-state index contributed by atoms with van der Waals surface area (Å²) in [5.74, 6) is 2.04. The third-order valence-electron chi connectivity index (χ3n) is 3.14. The minimum atomic E-state index is 0.248. The Morgan fingerprint density at radius 1 is 1.31 bits per heavy atom. The van der Waals surface area contributed by atoms with E-state index < -0.39 is 0 Å². The minimum Gasteiger partial charge on any atom is -0.369 e.